The maximum Gasteiger partial charge on any atom is 0.278 e. The number of rotatable bonds is 7. The van der Waals surface area contributed by atoms with Crippen LogP contribution in [0.3, 0.4) is 0 Å². The van der Waals surface area contributed by atoms with E-state index >= 15 is 0 Å². The van der Waals surface area contributed by atoms with E-state index in [1.807, 2.05) is 30.3 Å². The van der Waals surface area contributed by atoms with E-state index in [0.29, 0.717) is 35.2 Å². The number of amides is 2. The van der Waals surface area contributed by atoms with E-state index in [1.54, 1.807) is 36.0 Å². The van der Waals surface area contributed by atoms with Crippen molar-refractivity contribution in [1.82, 2.24) is 24.7 Å². The molecule has 0 bridgehead atoms. The quantitative estimate of drug-likeness (QED) is 0.356. The van der Waals surface area contributed by atoms with Crippen LogP contribution in [0.1, 0.15) is 41.5 Å². The molecular weight excluding hydrogens is 470 g/mol. The summed E-state index contributed by atoms with van der Waals surface area (Å²) in [5.41, 5.74) is 4.95. The summed E-state index contributed by atoms with van der Waals surface area (Å²) in [7, 11) is 0. The average molecular weight is 500 g/mol. The molecule has 1 aliphatic heterocycles. The standard InChI is InChI=1S/C27H29N7O3/c1-17-5-4-10-33(17)15-25(36)29-22-12-23(18(2)28-13-22)30-27(37)26-24-9-8-21(14-34(24)32-31-26)20-7-3-6-19(11-20)16-35/h3,6-9,11-14,17,35H,4-5,10,15-16H2,1-2H3,(H,29,36)(H,30,37)/t17-/m0/s1. The lowest BCUT2D eigenvalue weighted by atomic mass is 10.0. The van der Waals surface area contributed by atoms with Crippen LogP contribution in [0.15, 0.2) is 54.9 Å². The number of nitrogens with zero attached hydrogens (tertiary/aromatic N) is 5. The molecule has 1 atom stereocenters. The third-order valence-electron chi connectivity index (χ3n) is 6.73. The molecule has 1 aromatic carbocycles. The van der Waals surface area contributed by atoms with Gasteiger partial charge in [-0.3, -0.25) is 19.5 Å². The fourth-order valence-corrected chi connectivity index (χ4v) is 4.60. The molecule has 1 saturated heterocycles. The minimum atomic E-state index is -0.427. The zero-order valence-corrected chi connectivity index (χ0v) is 20.8. The Bertz CT molecular complexity index is 1470. The van der Waals surface area contributed by atoms with Crippen LogP contribution in [0.2, 0.25) is 0 Å². The number of aliphatic hydroxyl groups is 1. The normalized spacial score (nSPS) is 15.7. The lowest BCUT2D eigenvalue weighted by Gasteiger charge is -2.20. The Balaban J connectivity index is 1.31. The van der Waals surface area contributed by atoms with Gasteiger partial charge < -0.3 is 15.7 Å². The number of benzene rings is 1. The summed E-state index contributed by atoms with van der Waals surface area (Å²) in [6.45, 7) is 5.12. The molecule has 3 N–H and O–H groups in total. The van der Waals surface area contributed by atoms with Gasteiger partial charge in [0.2, 0.25) is 5.91 Å². The lowest BCUT2D eigenvalue weighted by Crippen LogP contribution is -2.35. The second-order valence-electron chi connectivity index (χ2n) is 9.37. The first kappa shape index (κ1) is 24.5. The minimum absolute atomic E-state index is 0.0411. The van der Waals surface area contributed by atoms with Crippen LogP contribution in [0.5, 0.6) is 0 Å². The summed E-state index contributed by atoms with van der Waals surface area (Å²) >= 11 is 0. The predicted molar refractivity (Wildman–Crippen MR) is 140 cm³/mol. The Hall–Kier alpha value is -4.15. The van der Waals surface area contributed by atoms with Gasteiger partial charge in [-0.1, -0.05) is 29.5 Å². The average Bonchev–Trinajstić information content (AvgIpc) is 3.51. The van der Waals surface area contributed by atoms with Crippen molar-refractivity contribution in [3.05, 3.63) is 71.8 Å². The van der Waals surface area contributed by atoms with Crippen molar-refractivity contribution < 1.29 is 14.7 Å². The molecule has 3 aromatic heterocycles. The van der Waals surface area contributed by atoms with Gasteiger partial charge in [0.15, 0.2) is 5.69 Å². The highest BCUT2D eigenvalue weighted by Crippen LogP contribution is 2.24. The molecule has 5 rings (SSSR count). The van der Waals surface area contributed by atoms with Gasteiger partial charge in [-0.05, 0) is 62.6 Å². The van der Waals surface area contributed by atoms with Gasteiger partial charge in [-0.2, -0.15) is 0 Å². The van der Waals surface area contributed by atoms with Crippen LogP contribution in [-0.2, 0) is 11.4 Å². The topological polar surface area (TPSA) is 125 Å². The first-order chi connectivity index (χ1) is 17.9. The van der Waals surface area contributed by atoms with Crippen molar-refractivity contribution >= 4 is 28.7 Å². The number of aliphatic hydroxyl groups excluding tert-OH is 1. The summed E-state index contributed by atoms with van der Waals surface area (Å²) < 4.78 is 1.55. The number of fused-ring (bicyclic) bond motifs is 1. The Kier molecular flexibility index (Phi) is 6.93. The summed E-state index contributed by atoms with van der Waals surface area (Å²) in [5, 5.41) is 23.4. The molecule has 10 heteroatoms. The second-order valence-corrected chi connectivity index (χ2v) is 9.37. The molecule has 0 spiro atoms. The molecular formula is C27H29N7O3. The van der Waals surface area contributed by atoms with Gasteiger partial charge in [0, 0.05) is 17.8 Å². The molecule has 10 nitrogen and oxygen atoms in total. The summed E-state index contributed by atoms with van der Waals surface area (Å²) in [5.74, 6) is -0.536. The highest BCUT2D eigenvalue weighted by atomic mass is 16.3. The smallest absolute Gasteiger partial charge is 0.278 e. The van der Waals surface area contributed by atoms with Gasteiger partial charge in [-0.15, -0.1) is 5.10 Å². The SMILES string of the molecule is Cc1ncc(NC(=O)CN2CCC[C@@H]2C)cc1NC(=O)c1nnn2cc(-c3cccc(CO)c3)ccc12. The number of pyridine rings is 2. The molecule has 4 aromatic rings. The van der Waals surface area contributed by atoms with Crippen LogP contribution in [-0.4, -0.2) is 60.8 Å². The van der Waals surface area contributed by atoms with Crippen molar-refractivity contribution in [1.29, 1.82) is 0 Å². The Morgan fingerprint density at radius 3 is 2.78 bits per heavy atom. The number of nitrogens with one attached hydrogen (secondary N) is 2. The Labute approximate surface area is 214 Å². The van der Waals surface area contributed by atoms with Crippen LogP contribution >= 0.6 is 0 Å². The zero-order valence-electron chi connectivity index (χ0n) is 20.8. The minimum Gasteiger partial charge on any atom is -0.392 e. The van der Waals surface area contributed by atoms with Crippen molar-refractivity contribution in [3.8, 4) is 11.1 Å². The largest absolute Gasteiger partial charge is 0.392 e. The third-order valence-corrected chi connectivity index (χ3v) is 6.73. The fraction of sp³-hybridized carbons (Fsp3) is 0.296. The highest BCUT2D eigenvalue weighted by molar-refractivity contribution is 6.08. The molecule has 1 aliphatic rings. The number of aryl methyl sites for hydroxylation is 1. The summed E-state index contributed by atoms with van der Waals surface area (Å²) in [4.78, 5) is 32.1. The maximum absolute atomic E-state index is 13.1. The number of aromatic nitrogens is 4. The molecule has 190 valence electrons. The van der Waals surface area contributed by atoms with E-state index in [4.69, 9.17) is 0 Å². The van der Waals surface area contributed by atoms with Crippen LogP contribution in [0.4, 0.5) is 11.4 Å². The zero-order chi connectivity index (χ0) is 25.9. The van der Waals surface area contributed by atoms with Gasteiger partial charge in [0.25, 0.3) is 5.91 Å². The molecule has 2 amide bonds. The number of hydrogen-bond acceptors (Lipinski definition) is 7. The van der Waals surface area contributed by atoms with Gasteiger partial charge in [-0.25, -0.2) is 4.52 Å². The number of hydrogen-bond donors (Lipinski definition) is 3. The number of carbonyl (C=O) groups is 2. The number of carbonyl (C=O) groups excluding carboxylic acids is 2. The second kappa shape index (κ2) is 10.5. The Morgan fingerprint density at radius 2 is 2.00 bits per heavy atom. The van der Waals surface area contributed by atoms with Crippen LogP contribution in [0.25, 0.3) is 16.6 Å². The Morgan fingerprint density at radius 1 is 1.14 bits per heavy atom. The number of anilines is 2. The third kappa shape index (κ3) is 5.35. The van der Waals surface area contributed by atoms with E-state index in [9.17, 15) is 14.7 Å². The monoisotopic (exact) mass is 499 g/mol. The lowest BCUT2D eigenvalue weighted by molar-refractivity contribution is -0.117. The summed E-state index contributed by atoms with van der Waals surface area (Å²) in [6.07, 6.45) is 5.58. The molecule has 37 heavy (non-hydrogen) atoms. The molecule has 1 fully saturated rings. The van der Waals surface area contributed by atoms with E-state index in [1.165, 1.54) is 0 Å². The van der Waals surface area contributed by atoms with Gasteiger partial charge in [0.05, 0.1) is 41.9 Å². The van der Waals surface area contributed by atoms with Crippen molar-refractivity contribution in [2.75, 3.05) is 23.7 Å². The maximum atomic E-state index is 13.1. The number of likely N-dealkylation sites (tertiary alicyclic amines) is 1. The van der Waals surface area contributed by atoms with E-state index in [2.05, 4.69) is 37.8 Å². The van der Waals surface area contributed by atoms with Crippen molar-refractivity contribution in [3.63, 3.8) is 0 Å². The fourth-order valence-electron chi connectivity index (χ4n) is 4.60. The van der Waals surface area contributed by atoms with Crippen LogP contribution < -0.4 is 10.6 Å². The van der Waals surface area contributed by atoms with Crippen LogP contribution in [0, 0.1) is 6.92 Å². The van der Waals surface area contributed by atoms with Gasteiger partial charge in [0.1, 0.15) is 0 Å². The van der Waals surface area contributed by atoms with E-state index in [-0.39, 0.29) is 18.2 Å². The van der Waals surface area contributed by atoms with E-state index < -0.39 is 5.91 Å². The summed E-state index contributed by atoms with van der Waals surface area (Å²) in [6, 6.07) is 13.3. The highest BCUT2D eigenvalue weighted by Gasteiger charge is 2.22. The molecule has 0 saturated carbocycles. The van der Waals surface area contributed by atoms with Crippen molar-refractivity contribution in [2.24, 2.45) is 0 Å². The molecule has 0 radical (unpaired) electrons. The molecule has 4 heterocycles. The molecule has 0 unspecified atom stereocenters. The first-order valence-electron chi connectivity index (χ1n) is 12.3. The molecule has 0 aliphatic carbocycles. The van der Waals surface area contributed by atoms with Crippen molar-refractivity contribution in [2.45, 2.75) is 39.3 Å². The predicted octanol–water partition coefficient (Wildman–Crippen LogP) is 3.27. The van der Waals surface area contributed by atoms with E-state index in [0.717, 1.165) is 36.1 Å². The first-order valence-corrected chi connectivity index (χ1v) is 12.3. The van der Waals surface area contributed by atoms with Gasteiger partial charge >= 0.3 is 0 Å².